The van der Waals surface area contributed by atoms with Crippen LogP contribution >= 0.6 is 0 Å². The molecule has 0 N–H and O–H groups in total. The summed E-state index contributed by atoms with van der Waals surface area (Å²) in [6.07, 6.45) is 3.70. The van der Waals surface area contributed by atoms with Crippen LogP contribution in [-0.2, 0) is 4.74 Å². The summed E-state index contributed by atoms with van der Waals surface area (Å²) in [6.45, 7) is 14.2. The average molecular weight is 374 g/mol. The molecule has 4 heteroatoms. The van der Waals surface area contributed by atoms with Gasteiger partial charge in [0.2, 0.25) is 0 Å². The van der Waals surface area contributed by atoms with E-state index in [9.17, 15) is 4.79 Å². The molecule has 0 aliphatic carbocycles. The van der Waals surface area contributed by atoms with Gasteiger partial charge in [-0.15, -0.1) is 0 Å². The van der Waals surface area contributed by atoms with E-state index < -0.39 is 5.60 Å². The normalized spacial score (nSPS) is 14.4. The Morgan fingerprint density at radius 2 is 1.71 bits per heavy atom. The van der Waals surface area contributed by atoms with Crippen LogP contribution in [0.4, 0.5) is 10.5 Å². The summed E-state index contributed by atoms with van der Waals surface area (Å²) < 4.78 is 5.46. The van der Waals surface area contributed by atoms with Gasteiger partial charge < -0.3 is 9.64 Å². The van der Waals surface area contributed by atoms with Gasteiger partial charge in [-0.1, -0.05) is 48.0 Å². The Kier molecular flexibility index (Phi) is 5.84. The highest BCUT2D eigenvalue weighted by Gasteiger charge is 2.24. The van der Waals surface area contributed by atoms with E-state index in [1.54, 1.807) is 4.90 Å². The molecule has 1 aliphatic heterocycles. The van der Waals surface area contributed by atoms with Crippen molar-refractivity contribution in [2.45, 2.75) is 39.2 Å². The van der Waals surface area contributed by atoms with Gasteiger partial charge in [0.15, 0.2) is 5.69 Å². The zero-order valence-corrected chi connectivity index (χ0v) is 16.7. The van der Waals surface area contributed by atoms with Crippen LogP contribution in [0.1, 0.15) is 39.2 Å². The minimum absolute atomic E-state index is 0.228. The van der Waals surface area contributed by atoms with Crippen molar-refractivity contribution in [3.05, 3.63) is 71.1 Å². The Morgan fingerprint density at radius 1 is 1.07 bits per heavy atom. The Hall–Kier alpha value is -3.06. The summed E-state index contributed by atoms with van der Waals surface area (Å²) in [5, 5.41) is 0. The summed E-state index contributed by atoms with van der Waals surface area (Å²) in [5.41, 5.74) is 4.83. The minimum Gasteiger partial charge on any atom is -0.444 e. The summed E-state index contributed by atoms with van der Waals surface area (Å²) in [7, 11) is 0. The van der Waals surface area contributed by atoms with Gasteiger partial charge in [0.1, 0.15) is 5.60 Å². The molecule has 1 saturated heterocycles. The first-order chi connectivity index (χ1) is 13.3. The fourth-order valence-corrected chi connectivity index (χ4v) is 3.25. The number of hydrogen-bond donors (Lipinski definition) is 0. The molecule has 4 nitrogen and oxygen atoms in total. The lowest BCUT2D eigenvalue weighted by Crippen LogP contribution is -2.40. The SMILES string of the molecule is [C-]#[N+]c1cccc(-c2cccc(C=C3CCN(C(=O)OC(C)(C)C)CC3)c2)c1. The van der Waals surface area contributed by atoms with Crippen molar-refractivity contribution in [3.63, 3.8) is 0 Å². The van der Waals surface area contributed by atoms with E-state index >= 15 is 0 Å². The molecule has 0 atom stereocenters. The number of carbonyl (C=O) groups is 1. The zero-order chi connectivity index (χ0) is 20.1. The lowest BCUT2D eigenvalue weighted by molar-refractivity contribution is 0.0237. The lowest BCUT2D eigenvalue weighted by atomic mass is 9.98. The van der Waals surface area contributed by atoms with E-state index in [0.717, 1.165) is 29.5 Å². The van der Waals surface area contributed by atoms with Crippen molar-refractivity contribution in [1.29, 1.82) is 0 Å². The third-order valence-corrected chi connectivity index (χ3v) is 4.62. The van der Waals surface area contributed by atoms with Crippen LogP contribution in [0.5, 0.6) is 0 Å². The molecule has 0 saturated carbocycles. The second kappa shape index (κ2) is 8.31. The molecule has 1 aliphatic rings. The Morgan fingerprint density at radius 3 is 2.36 bits per heavy atom. The van der Waals surface area contributed by atoms with Crippen molar-refractivity contribution in [2.24, 2.45) is 0 Å². The van der Waals surface area contributed by atoms with E-state index in [0.29, 0.717) is 18.8 Å². The minimum atomic E-state index is -0.460. The third-order valence-electron chi connectivity index (χ3n) is 4.62. The van der Waals surface area contributed by atoms with Gasteiger partial charge in [-0.05, 0) is 62.4 Å². The number of carbonyl (C=O) groups excluding carboxylic acids is 1. The molecule has 0 radical (unpaired) electrons. The van der Waals surface area contributed by atoms with Crippen LogP contribution in [0.2, 0.25) is 0 Å². The highest BCUT2D eigenvalue weighted by Crippen LogP contribution is 2.27. The number of benzene rings is 2. The van der Waals surface area contributed by atoms with Crippen molar-refractivity contribution in [1.82, 2.24) is 4.90 Å². The second-order valence-electron chi connectivity index (χ2n) is 8.06. The molecule has 0 spiro atoms. The Labute approximate surface area is 167 Å². The van der Waals surface area contributed by atoms with Crippen molar-refractivity contribution >= 4 is 17.9 Å². The van der Waals surface area contributed by atoms with Crippen molar-refractivity contribution < 1.29 is 9.53 Å². The molecule has 1 heterocycles. The van der Waals surface area contributed by atoms with E-state index in [-0.39, 0.29) is 6.09 Å². The van der Waals surface area contributed by atoms with Gasteiger partial charge in [0.05, 0.1) is 6.57 Å². The van der Waals surface area contributed by atoms with Gasteiger partial charge in [-0.3, -0.25) is 0 Å². The fourth-order valence-electron chi connectivity index (χ4n) is 3.25. The first kappa shape index (κ1) is 19.7. The van der Waals surface area contributed by atoms with E-state index in [4.69, 9.17) is 11.3 Å². The largest absolute Gasteiger partial charge is 0.444 e. The smallest absolute Gasteiger partial charge is 0.410 e. The quantitative estimate of drug-likeness (QED) is 0.577. The topological polar surface area (TPSA) is 33.9 Å². The highest BCUT2D eigenvalue weighted by atomic mass is 16.6. The number of hydrogen-bond acceptors (Lipinski definition) is 2. The average Bonchev–Trinajstić information content (AvgIpc) is 2.67. The number of rotatable bonds is 2. The summed E-state index contributed by atoms with van der Waals surface area (Å²) >= 11 is 0. The first-order valence-corrected chi connectivity index (χ1v) is 9.59. The summed E-state index contributed by atoms with van der Waals surface area (Å²) in [4.78, 5) is 17.5. The lowest BCUT2D eigenvalue weighted by Gasteiger charge is -2.31. The number of ether oxygens (including phenoxy) is 1. The molecule has 1 amide bonds. The Balaban J connectivity index is 1.68. The van der Waals surface area contributed by atoms with Crippen molar-refractivity contribution in [3.8, 4) is 11.1 Å². The number of piperidine rings is 1. The molecule has 2 aromatic carbocycles. The van der Waals surface area contributed by atoms with Gasteiger partial charge >= 0.3 is 6.09 Å². The van der Waals surface area contributed by atoms with Gasteiger partial charge in [0, 0.05) is 13.1 Å². The number of nitrogens with zero attached hydrogens (tertiary/aromatic N) is 2. The maximum Gasteiger partial charge on any atom is 0.410 e. The maximum atomic E-state index is 12.2. The molecule has 1 fully saturated rings. The van der Waals surface area contributed by atoms with E-state index in [2.05, 4.69) is 29.1 Å². The molecule has 2 aromatic rings. The van der Waals surface area contributed by atoms with Gasteiger partial charge in [-0.25, -0.2) is 9.64 Å². The predicted octanol–water partition coefficient (Wildman–Crippen LogP) is 6.32. The number of likely N-dealkylation sites (tertiary alicyclic amines) is 1. The van der Waals surface area contributed by atoms with Crippen LogP contribution in [0, 0.1) is 6.57 Å². The molecule has 144 valence electrons. The molecule has 3 rings (SSSR count). The second-order valence-corrected chi connectivity index (χ2v) is 8.06. The molecular formula is C24H26N2O2. The molecule has 0 bridgehead atoms. The standard InChI is InChI=1S/C24H26N2O2/c1-24(2,3)28-23(27)26-13-11-18(12-14-26)15-19-7-5-8-20(16-19)21-9-6-10-22(17-21)25-4/h5-10,15-17H,11-14H2,1-3H3. The van der Waals surface area contributed by atoms with Crippen LogP contribution in [-0.4, -0.2) is 29.7 Å². The monoisotopic (exact) mass is 374 g/mol. The van der Waals surface area contributed by atoms with Crippen LogP contribution < -0.4 is 0 Å². The van der Waals surface area contributed by atoms with E-state index in [1.165, 1.54) is 5.57 Å². The maximum absolute atomic E-state index is 12.2. The molecule has 0 unspecified atom stereocenters. The van der Waals surface area contributed by atoms with Crippen LogP contribution in [0.25, 0.3) is 22.0 Å². The van der Waals surface area contributed by atoms with E-state index in [1.807, 2.05) is 51.1 Å². The molecule has 0 aromatic heterocycles. The predicted molar refractivity (Wildman–Crippen MR) is 113 cm³/mol. The zero-order valence-electron chi connectivity index (χ0n) is 16.7. The molecular weight excluding hydrogens is 348 g/mol. The molecule has 28 heavy (non-hydrogen) atoms. The summed E-state index contributed by atoms with van der Waals surface area (Å²) in [5.74, 6) is 0. The number of amides is 1. The van der Waals surface area contributed by atoms with Crippen LogP contribution in [0.3, 0.4) is 0 Å². The third kappa shape index (κ3) is 5.23. The van der Waals surface area contributed by atoms with Gasteiger partial charge in [-0.2, -0.15) is 0 Å². The summed E-state index contributed by atoms with van der Waals surface area (Å²) in [6, 6.07) is 16.0. The van der Waals surface area contributed by atoms with Crippen LogP contribution in [0.15, 0.2) is 54.1 Å². The fraction of sp³-hybridized carbons (Fsp3) is 0.333. The first-order valence-electron chi connectivity index (χ1n) is 9.59. The van der Waals surface area contributed by atoms with Crippen molar-refractivity contribution in [2.75, 3.05) is 13.1 Å². The van der Waals surface area contributed by atoms with Gasteiger partial charge in [0.25, 0.3) is 0 Å². The Bertz CT molecular complexity index is 922. The highest BCUT2D eigenvalue weighted by molar-refractivity contribution is 5.72.